The number of aryl methyl sites for hydroxylation is 1. The number of carbonyl (C=O) groups is 1. The smallest absolute Gasteiger partial charge is 0.272 e. The van der Waals surface area contributed by atoms with Crippen molar-refractivity contribution < 1.29 is 9.53 Å². The first-order chi connectivity index (χ1) is 14.2. The normalized spacial score (nSPS) is 20.2. The summed E-state index contributed by atoms with van der Waals surface area (Å²) >= 11 is 0. The molecule has 154 valence electrons. The fraction of sp³-hybridized carbons (Fsp3) is 0.478. The largest absolute Gasteiger partial charge is 0.489 e. The highest BCUT2D eigenvalue weighted by Gasteiger charge is 2.27. The molecule has 2 aliphatic rings. The highest BCUT2D eigenvalue weighted by Crippen LogP contribution is 2.21. The lowest BCUT2D eigenvalue weighted by Gasteiger charge is -2.33. The summed E-state index contributed by atoms with van der Waals surface area (Å²) < 4.78 is 6.13. The van der Waals surface area contributed by atoms with E-state index in [9.17, 15) is 4.79 Å². The number of likely N-dealkylation sites (tertiary alicyclic amines) is 1. The van der Waals surface area contributed by atoms with E-state index in [1.165, 1.54) is 5.56 Å². The highest BCUT2D eigenvalue weighted by molar-refractivity contribution is 5.92. The quantitative estimate of drug-likeness (QED) is 0.864. The van der Waals surface area contributed by atoms with Crippen LogP contribution in [0.1, 0.15) is 35.3 Å². The third-order valence-corrected chi connectivity index (χ3v) is 5.61. The van der Waals surface area contributed by atoms with Crippen LogP contribution in [-0.2, 0) is 0 Å². The Kier molecular flexibility index (Phi) is 6.30. The molecule has 1 amide bonds. The molecule has 0 aliphatic carbocycles. The van der Waals surface area contributed by atoms with Gasteiger partial charge >= 0.3 is 0 Å². The molecule has 3 heterocycles. The summed E-state index contributed by atoms with van der Waals surface area (Å²) in [6.45, 7) is 7.29. The number of carbonyl (C=O) groups excluding carboxylic acids is 1. The zero-order valence-electron chi connectivity index (χ0n) is 17.1. The first-order valence-corrected chi connectivity index (χ1v) is 10.6. The van der Waals surface area contributed by atoms with Crippen LogP contribution in [0.25, 0.3) is 0 Å². The number of anilines is 1. The van der Waals surface area contributed by atoms with Gasteiger partial charge in [-0.2, -0.15) is 0 Å². The van der Waals surface area contributed by atoms with Gasteiger partial charge in [-0.25, -0.2) is 4.98 Å². The molecule has 6 heteroatoms. The first-order valence-electron chi connectivity index (χ1n) is 10.6. The summed E-state index contributed by atoms with van der Waals surface area (Å²) in [4.78, 5) is 22.0. The predicted molar refractivity (Wildman–Crippen MR) is 115 cm³/mol. The second kappa shape index (κ2) is 9.27. The molecule has 0 radical (unpaired) electrons. The predicted octanol–water partition coefficient (Wildman–Crippen LogP) is 2.87. The SMILES string of the molecule is Cc1ccc(OC2CCCN(C(=O)c3cccc(N4CCCNCC4)n3)C2)cc1. The fourth-order valence-corrected chi connectivity index (χ4v) is 3.98. The Morgan fingerprint density at radius 2 is 1.93 bits per heavy atom. The lowest BCUT2D eigenvalue weighted by Crippen LogP contribution is -2.44. The van der Waals surface area contributed by atoms with Gasteiger partial charge in [-0.05, 0) is 57.0 Å². The van der Waals surface area contributed by atoms with Crippen LogP contribution in [0.3, 0.4) is 0 Å². The topological polar surface area (TPSA) is 57.7 Å². The molecule has 29 heavy (non-hydrogen) atoms. The maximum absolute atomic E-state index is 13.1. The van der Waals surface area contributed by atoms with Crippen LogP contribution in [0.15, 0.2) is 42.5 Å². The molecular formula is C23H30N4O2. The van der Waals surface area contributed by atoms with E-state index in [-0.39, 0.29) is 12.0 Å². The van der Waals surface area contributed by atoms with Gasteiger partial charge in [0, 0.05) is 26.2 Å². The number of nitrogens with one attached hydrogen (secondary N) is 1. The van der Waals surface area contributed by atoms with Gasteiger partial charge < -0.3 is 19.9 Å². The molecule has 2 saturated heterocycles. The number of rotatable bonds is 4. The van der Waals surface area contributed by atoms with Crippen molar-refractivity contribution >= 4 is 11.7 Å². The Hall–Kier alpha value is -2.60. The van der Waals surface area contributed by atoms with Crippen LogP contribution in [0.4, 0.5) is 5.82 Å². The van der Waals surface area contributed by atoms with Crippen molar-refractivity contribution in [2.24, 2.45) is 0 Å². The van der Waals surface area contributed by atoms with Crippen LogP contribution < -0.4 is 15.0 Å². The molecular weight excluding hydrogens is 364 g/mol. The number of hydrogen-bond acceptors (Lipinski definition) is 5. The van der Waals surface area contributed by atoms with E-state index in [1.54, 1.807) is 0 Å². The maximum atomic E-state index is 13.1. The Morgan fingerprint density at radius 3 is 2.79 bits per heavy atom. The lowest BCUT2D eigenvalue weighted by molar-refractivity contribution is 0.0533. The maximum Gasteiger partial charge on any atom is 0.272 e. The van der Waals surface area contributed by atoms with Gasteiger partial charge in [0.15, 0.2) is 0 Å². The van der Waals surface area contributed by atoms with Gasteiger partial charge in [0.05, 0.1) is 6.54 Å². The Morgan fingerprint density at radius 1 is 1.07 bits per heavy atom. The zero-order valence-corrected chi connectivity index (χ0v) is 17.1. The first kappa shape index (κ1) is 19.7. The number of amides is 1. The second-order valence-corrected chi connectivity index (χ2v) is 7.92. The summed E-state index contributed by atoms with van der Waals surface area (Å²) in [6, 6.07) is 13.9. The standard InChI is InChI=1S/C23H30N4O2/c1-18-8-10-19(11-9-18)29-20-5-3-14-27(17-20)23(28)21-6-2-7-22(25-21)26-15-4-12-24-13-16-26/h2,6-11,20,24H,3-5,12-17H2,1H3. The molecule has 2 fully saturated rings. The number of piperidine rings is 1. The molecule has 1 atom stereocenters. The summed E-state index contributed by atoms with van der Waals surface area (Å²) in [5.41, 5.74) is 1.74. The number of hydrogen-bond donors (Lipinski definition) is 1. The minimum atomic E-state index is -0.00277. The van der Waals surface area contributed by atoms with E-state index >= 15 is 0 Å². The van der Waals surface area contributed by atoms with Gasteiger partial charge in [-0.15, -0.1) is 0 Å². The number of nitrogens with zero attached hydrogens (tertiary/aromatic N) is 3. The molecule has 0 spiro atoms. The van der Waals surface area contributed by atoms with Crippen LogP contribution in [-0.4, -0.2) is 61.2 Å². The van der Waals surface area contributed by atoms with Crippen molar-refractivity contribution in [2.75, 3.05) is 44.2 Å². The molecule has 1 N–H and O–H groups in total. The third kappa shape index (κ3) is 5.07. The number of benzene rings is 1. The molecule has 1 unspecified atom stereocenters. The lowest BCUT2D eigenvalue weighted by atomic mass is 10.1. The zero-order chi connectivity index (χ0) is 20.1. The van der Waals surface area contributed by atoms with Gasteiger partial charge in [-0.1, -0.05) is 23.8 Å². The molecule has 4 rings (SSSR count). The molecule has 1 aromatic heterocycles. The van der Waals surface area contributed by atoms with Crippen molar-refractivity contribution in [3.63, 3.8) is 0 Å². The molecule has 1 aromatic carbocycles. The van der Waals surface area contributed by atoms with Gasteiger partial charge in [0.25, 0.3) is 5.91 Å². The number of pyridine rings is 1. The summed E-state index contributed by atoms with van der Waals surface area (Å²) in [5, 5.41) is 3.41. The van der Waals surface area contributed by atoms with Crippen LogP contribution in [0.5, 0.6) is 5.75 Å². The minimum Gasteiger partial charge on any atom is -0.489 e. The van der Waals surface area contributed by atoms with E-state index < -0.39 is 0 Å². The van der Waals surface area contributed by atoms with Crippen LogP contribution >= 0.6 is 0 Å². The second-order valence-electron chi connectivity index (χ2n) is 7.92. The summed E-state index contributed by atoms with van der Waals surface area (Å²) in [6.07, 6.45) is 3.02. The molecule has 6 nitrogen and oxygen atoms in total. The molecule has 2 aromatic rings. The summed E-state index contributed by atoms with van der Waals surface area (Å²) in [5.74, 6) is 1.76. The van der Waals surface area contributed by atoms with E-state index in [2.05, 4.69) is 29.3 Å². The van der Waals surface area contributed by atoms with Crippen LogP contribution in [0.2, 0.25) is 0 Å². The van der Waals surface area contributed by atoms with Crippen molar-refractivity contribution in [3.8, 4) is 5.75 Å². The van der Waals surface area contributed by atoms with Crippen molar-refractivity contribution in [3.05, 3.63) is 53.7 Å². The van der Waals surface area contributed by atoms with E-state index in [0.29, 0.717) is 12.2 Å². The molecule has 0 saturated carbocycles. The van der Waals surface area contributed by atoms with Crippen molar-refractivity contribution in [2.45, 2.75) is 32.3 Å². The van der Waals surface area contributed by atoms with Crippen molar-refractivity contribution in [1.29, 1.82) is 0 Å². The van der Waals surface area contributed by atoms with Crippen molar-refractivity contribution in [1.82, 2.24) is 15.2 Å². The van der Waals surface area contributed by atoms with Gasteiger partial charge in [0.2, 0.25) is 0 Å². The fourth-order valence-electron chi connectivity index (χ4n) is 3.98. The van der Waals surface area contributed by atoms with E-state index in [1.807, 2.05) is 35.2 Å². The number of aromatic nitrogens is 1. The van der Waals surface area contributed by atoms with E-state index in [4.69, 9.17) is 9.72 Å². The highest BCUT2D eigenvalue weighted by atomic mass is 16.5. The van der Waals surface area contributed by atoms with Gasteiger partial charge in [-0.3, -0.25) is 4.79 Å². The summed E-state index contributed by atoms with van der Waals surface area (Å²) in [7, 11) is 0. The molecule has 0 bridgehead atoms. The average Bonchev–Trinajstić information content (AvgIpc) is 3.05. The number of ether oxygens (including phenoxy) is 1. The average molecular weight is 395 g/mol. The van der Waals surface area contributed by atoms with E-state index in [0.717, 1.165) is 63.6 Å². The minimum absolute atomic E-state index is 0.00277. The van der Waals surface area contributed by atoms with Crippen LogP contribution in [0, 0.1) is 6.92 Å². The monoisotopic (exact) mass is 394 g/mol. The van der Waals surface area contributed by atoms with Gasteiger partial charge in [0.1, 0.15) is 23.4 Å². The Bertz CT molecular complexity index is 816. The molecule has 2 aliphatic heterocycles. The Labute approximate surface area is 172 Å². The Balaban J connectivity index is 1.41. The third-order valence-electron chi connectivity index (χ3n) is 5.61.